The van der Waals surface area contributed by atoms with Crippen LogP contribution in [0.2, 0.25) is 0 Å². The number of fused-ring (bicyclic) bond motifs is 1. The predicted molar refractivity (Wildman–Crippen MR) is 109 cm³/mol. The third kappa shape index (κ3) is 3.66. The SMILES string of the molecule is C=C1c2c(C)nc(SCC)c(C#N)c2N=CN1CCCc1ccccc1. The fourth-order valence-electron chi connectivity index (χ4n) is 3.11. The maximum atomic E-state index is 9.59. The van der Waals surface area contributed by atoms with Crippen molar-refractivity contribution in [3.63, 3.8) is 0 Å². The summed E-state index contributed by atoms with van der Waals surface area (Å²) in [5.74, 6) is 0.871. The summed E-state index contributed by atoms with van der Waals surface area (Å²) >= 11 is 1.58. The molecule has 5 heteroatoms. The smallest absolute Gasteiger partial charge is 0.116 e. The van der Waals surface area contributed by atoms with Gasteiger partial charge in [0.25, 0.3) is 0 Å². The molecule has 132 valence electrons. The lowest BCUT2D eigenvalue weighted by Gasteiger charge is -2.28. The molecule has 2 aromatic rings. The van der Waals surface area contributed by atoms with Gasteiger partial charge in [-0.15, -0.1) is 11.8 Å². The molecule has 0 spiro atoms. The van der Waals surface area contributed by atoms with Crippen molar-refractivity contribution in [2.24, 2.45) is 4.99 Å². The first-order chi connectivity index (χ1) is 12.7. The van der Waals surface area contributed by atoms with E-state index >= 15 is 0 Å². The molecule has 0 saturated heterocycles. The molecule has 0 amide bonds. The standard InChI is InChI=1S/C21H22N4S/c1-4-26-21-18(13-22)20-19(15(2)24-21)16(3)25(14-23-20)12-8-11-17-9-6-5-7-10-17/h5-7,9-10,14H,3-4,8,11-12H2,1-2H3. The summed E-state index contributed by atoms with van der Waals surface area (Å²) in [4.78, 5) is 11.3. The number of benzene rings is 1. The van der Waals surface area contributed by atoms with E-state index in [0.29, 0.717) is 11.3 Å². The molecular formula is C21H22N4S. The fraction of sp³-hybridized carbons (Fsp3) is 0.286. The summed E-state index contributed by atoms with van der Waals surface area (Å²) in [6.07, 6.45) is 3.82. The lowest BCUT2D eigenvalue weighted by Crippen LogP contribution is -2.25. The number of nitriles is 1. The maximum Gasteiger partial charge on any atom is 0.116 e. The Labute approximate surface area is 159 Å². The molecule has 1 aromatic heterocycles. The van der Waals surface area contributed by atoms with E-state index in [1.54, 1.807) is 18.1 Å². The van der Waals surface area contributed by atoms with Crippen molar-refractivity contribution in [3.05, 3.63) is 59.3 Å². The Kier molecular flexibility index (Phi) is 5.75. The van der Waals surface area contributed by atoms with E-state index in [1.807, 2.05) is 13.0 Å². The van der Waals surface area contributed by atoms with Crippen LogP contribution in [-0.2, 0) is 6.42 Å². The molecule has 3 rings (SSSR count). The molecule has 0 N–H and O–H groups in total. The van der Waals surface area contributed by atoms with Crippen molar-refractivity contribution >= 4 is 29.5 Å². The molecule has 0 unspecified atom stereocenters. The zero-order valence-electron chi connectivity index (χ0n) is 15.2. The Bertz CT molecular complexity index is 881. The van der Waals surface area contributed by atoms with Gasteiger partial charge in [-0.3, -0.25) is 0 Å². The van der Waals surface area contributed by atoms with Gasteiger partial charge in [-0.05, 0) is 31.1 Å². The second-order valence-electron chi connectivity index (χ2n) is 6.12. The molecule has 1 aliphatic heterocycles. The highest BCUT2D eigenvalue weighted by Gasteiger charge is 2.24. The van der Waals surface area contributed by atoms with Crippen LogP contribution in [0, 0.1) is 18.3 Å². The minimum Gasteiger partial charge on any atom is -0.332 e. The highest BCUT2D eigenvalue weighted by Crippen LogP contribution is 2.39. The van der Waals surface area contributed by atoms with E-state index in [9.17, 15) is 5.26 Å². The second kappa shape index (κ2) is 8.20. The average Bonchev–Trinajstić information content (AvgIpc) is 2.64. The topological polar surface area (TPSA) is 52.3 Å². The molecule has 0 bridgehead atoms. The summed E-state index contributed by atoms with van der Waals surface area (Å²) in [5.41, 5.74) is 5.24. The molecule has 0 aliphatic carbocycles. The summed E-state index contributed by atoms with van der Waals surface area (Å²) in [6.45, 7) is 9.11. The molecule has 1 aromatic carbocycles. The van der Waals surface area contributed by atoms with Crippen LogP contribution >= 0.6 is 11.8 Å². The van der Waals surface area contributed by atoms with E-state index in [-0.39, 0.29) is 0 Å². The van der Waals surface area contributed by atoms with E-state index < -0.39 is 0 Å². The average molecular weight is 363 g/mol. The van der Waals surface area contributed by atoms with Crippen LogP contribution in [0.3, 0.4) is 0 Å². The van der Waals surface area contributed by atoms with E-state index in [2.05, 4.69) is 58.7 Å². The van der Waals surface area contributed by atoms with E-state index in [4.69, 9.17) is 0 Å². The van der Waals surface area contributed by atoms with Crippen LogP contribution in [0.4, 0.5) is 5.69 Å². The zero-order chi connectivity index (χ0) is 18.5. The molecular weight excluding hydrogens is 340 g/mol. The van der Waals surface area contributed by atoms with Crippen LogP contribution in [0.5, 0.6) is 0 Å². The van der Waals surface area contributed by atoms with Gasteiger partial charge in [-0.1, -0.05) is 43.8 Å². The Morgan fingerprint density at radius 1 is 1.27 bits per heavy atom. The Morgan fingerprint density at radius 2 is 2.04 bits per heavy atom. The lowest BCUT2D eigenvalue weighted by atomic mass is 10.0. The first-order valence-electron chi connectivity index (χ1n) is 8.77. The lowest BCUT2D eigenvalue weighted by molar-refractivity contribution is 0.562. The van der Waals surface area contributed by atoms with Crippen molar-refractivity contribution in [1.29, 1.82) is 5.26 Å². The van der Waals surface area contributed by atoms with E-state index in [0.717, 1.165) is 47.1 Å². The molecule has 2 heterocycles. The largest absolute Gasteiger partial charge is 0.332 e. The van der Waals surface area contributed by atoms with Gasteiger partial charge in [0.15, 0.2) is 0 Å². The van der Waals surface area contributed by atoms with Gasteiger partial charge in [-0.2, -0.15) is 5.26 Å². The van der Waals surface area contributed by atoms with Gasteiger partial charge in [0.05, 0.1) is 17.7 Å². The normalized spacial score (nSPS) is 12.8. The van der Waals surface area contributed by atoms with Gasteiger partial charge in [0.2, 0.25) is 0 Å². The number of aliphatic imine (C=N–C) groups is 1. The van der Waals surface area contributed by atoms with Gasteiger partial charge in [0.1, 0.15) is 16.7 Å². The molecule has 1 aliphatic rings. The molecule has 0 atom stereocenters. The summed E-state index contributed by atoms with van der Waals surface area (Å²) in [7, 11) is 0. The molecule has 0 radical (unpaired) electrons. The number of aromatic nitrogens is 1. The third-order valence-electron chi connectivity index (χ3n) is 4.38. The maximum absolute atomic E-state index is 9.59. The highest BCUT2D eigenvalue weighted by molar-refractivity contribution is 7.99. The van der Waals surface area contributed by atoms with Gasteiger partial charge in [-0.25, -0.2) is 9.98 Å². The van der Waals surface area contributed by atoms with Crippen LogP contribution in [0.15, 0.2) is 46.9 Å². The quantitative estimate of drug-likeness (QED) is 0.682. The number of thioether (sulfide) groups is 1. The molecule has 0 saturated carbocycles. The number of aryl methyl sites for hydroxylation is 2. The number of nitrogens with zero attached hydrogens (tertiary/aromatic N) is 4. The Hall–Kier alpha value is -2.58. The van der Waals surface area contributed by atoms with Crippen molar-refractivity contribution in [1.82, 2.24) is 9.88 Å². The molecule has 0 fully saturated rings. The highest BCUT2D eigenvalue weighted by atomic mass is 32.2. The van der Waals surface area contributed by atoms with Crippen molar-refractivity contribution in [2.45, 2.75) is 31.7 Å². The minimum atomic E-state index is 0.554. The zero-order valence-corrected chi connectivity index (χ0v) is 16.0. The van der Waals surface area contributed by atoms with Crippen molar-refractivity contribution in [2.75, 3.05) is 12.3 Å². The number of rotatable bonds is 6. The van der Waals surface area contributed by atoms with Crippen LogP contribution in [-0.4, -0.2) is 28.5 Å². The summed E-state index contributed by atoms with van der Waals surface area (Å²) < 4.78 is 0. The summed E-state index contributed by atoms with van der Waals surface area (Å²) in [5, 5.41) is 10.3. The van der Waals surface area contributed by atoms with Gasteiger partial charge in [0, 0.05) is 17.8 Å². The van der Waals surface area contributed by atoms with Crippen LogP contribution in [0.1, 0.15) is 35.7 Å². The summed E-state index contributed by atoms with van der Waals surface area (Å²) in [6, 6.07) is 12.7. The number of hydrogen-bond donors (Lipinski definition) is 0. The molecule has 4 nitrogen and oxygen atoms in total. The Morgan fingerprint density at radius 3 is 2.73 bits per heavy atom. The van der Waals surface area contributed by atoms with Crippen LogP contribution in [0.25, 0.3) is 5.70 Å². The number of hydrogen-bond acceptors (Lipinski definition) is 5. The van der Waals surface area contributed by atoms with Crippen LogP contribution < -0.4 is 0 Å². The molecule has 26 heavy (non-hydrogen) atoms. The first kappa shape index (κ1) is 18.2. The fourth-order valence-corrected chi connectivity index (χ4v) is 3.87. The monoisotopic (exact) mass is 362 g/mol. The first-order valence-corrected chi connectivity index (χ1v) is 9.75. The number of pyridine rings is 1. The van der Waals surface area contributed by atoms with Crippen molar-refractivity contribution < 1.29 is 0 Å². The van der Waals surface area contributed by atoms with E-state index in [1.165, 1.54) is 5.56 Å². The Balaban J connectivity index is 1.80. The van der Waals surface area contributed by atoms with Gasteiger partial charge >= 0.3 is 0 Å². The minimum absolute atomic E-state index is 0.554. The van der Waals surface area contributed by atoms with Gasteiger partial charge < -0.3 is 4.90 Å². The second-order valence-corrected chi connectivity index (χ2v) is 7.37. The third-order valence-corrected chi connectivity index (χ3v) is 5.24. The van der Waals surface area contributed by atoms with Crippen molar-refractivity contribution in [3.8, 4) is 6.07 Å². The predicted octanol–water partition coefficient (Wildman–Crippen LogP) is 4.95.